The van der Waals surface area contributed by atoms with Crippen molar-refractivity contribution in [1.82, 2.24) is 9.88 Å². The second-order valence-electron chi connectivity index (χ2n) is 4.22. The lowest BCUT2D eigenvalue weighted by Crippen LogP contribution is -2.50. The Morgan fingerprint density at radius 3 is 2.88 bits per heavy atom. The number of carboxylic acids is 1. The predicted molar refractivity (Wildman–Crippen MR) is 57.1 cm³/mol. The SMILES string of the molecule is CC1(C(=O)O)CCCN1C(=O)c1ccc[nH]1. The van der Waals surface area contributed by atoms with Crippen molar-refractivity contribution in [3.05, 3.63) is 24.0 Å². The number of carboxylic acid groups (broad SMARTS) is 1. The number of H-pyrrole nitrogens is 1. The topological polar surface area (TPSA) is 73.4 Å². The van der Waals surface area contributed by atoms with Gasteiger partial charge in [0.25, 0.3) is 5.91 Å². The van der Waals surface area contributed by atoms with Gasteiger partial charge in [-0.25, -0.2) is 4.79 Å². The molecule has 0 spiro atoms. The van der Waals surface area contributed by atoms with Crippen molar-refractivity contribution >= 4 is 11.9 Å². The molecule has 1 unspecified atom stereocenters. The first kappa shape index (κ1) is 10.7. The summed E-state index contributed by atoms with van der Waals surface area (Å²) < 4.78 is 0. The van der Waals surface area contributed by atoms with Gasteiger partial charge in [-0.1, -0.05) is 0 Å². The smallest absolute Gasteiger partial charge is 0.329 e. The molecule has 1 aliphatic rings. The van der Waals surface area contributed by atoms with Gasteiger partial charge in [0.15, 0.2) is 0 Å². The van der Waals surface area contributed by atoms with E-state index >= 15 is 0 Å². The Morgan fingerprint density at radius 1 is 1.56 bits per heavy atom. The molecular weight excluding hydrogens is 208 g/mol. The second-order valence-corrected chi connectivity index (χ2v) is 4.22. The Balaban J connectivity index is 2.27. The van der Waals surface area contributed by atoms with Crippen LogP contribution in [0.15, 0.2) is 18.3 Å². The van der Waals surface area contributed by atoms with E-state index in [-0.39, 0.29) is 5.91 Å². The van der Waals surface area contributed by atoms with Crippen LogP contribution in [0.25, 0.3) is 0 Å². The number of aromatic nitrogens is 1. The maximum absolute atomic E-state index is 12.1. The third-order valence-corrected chi connectivity index (χ3v) is 3.18. The maximum Gasteiger partial charge on any atom is 0.329 e. The summed E-state index contributed by atoms with van der Waals surface area (Å²) in [6.45, 7) is 2.10. The number of amides is 1. The van der Waals surface area contributed by atoms with Crippen molar-refractivity contribution in [2.75, 3.05) is 6.54 Å². The molecule has 1 atom stereocenters. The minimum atomic E-state index is -1.07. The summed E-state index contributed by atoms with van der Waals surface area (Å²) in [5, 5.41) is 9.19. The molecule has 0 bridgehead atoms. The third kappa shape index (κ3) is 1.48. The molecule has 1 aliphatic heterocycles. The van der Waals surface area contributed by atoms with Crippen molar-refractivity contribution < 1.29 is 14.7 Å². The molecule has 2 heterocycles. The fraction of sp³-hybridized carbons (Fsp3) is 0.455. The maximum atomic E-state index is 12.1. The highest BCUT2D eigenvalue weighted by atomic mass is 16.4. The van der Waals surface area contributed by atoms with Crippen LogP contribution in [0.4, 0.5) is 0 Å². The standard InChI is InChI=1S/C11H14N2O3/c1-11(10(15)16)5-3-7-13(11)9(14)8-4-2-6-12-8/h2,4,6,12H,3,5,7H2,1H3,(H,15,16). The van der Waals surface area contributed by atoms with E-state index in [2.05, 4.69) is 4.98 Å². The van der Waals surface area contributed by atoms with Gasteiger partial charge in [-0.05, 0) is 31.9 Å². The van der Waals surface area contributed by atoms with Gasteiger partial charge in [0.1, 0.15) is 11.2 Å². The lowest BCUT2D eigenvalue weighted by Gasteiger charge is -2.30. The number of carbonyl (C=O) groups excluding carboxylic acids is 1. The highest BCUT2D eigenvalue weighted by Crippen LogP contribution is 2.30. The number of aliphatic carboxylic acids is 1. The normalized spacial score (nSPS) is 24.7. The minimum absolute atomic E-state index is 0.243. The molecule has 1 aromatic heterocycles. The summed E-state index contributed by atoms with van der Waals surface area (Å²) >= 11 is 0. The predicted octanol–water partition coefficient (Wildman–Crippen LogP) is 1.09. The Labute approximate surface area is 93.1 Å². The number of likely N-dealkylation sites (tertiary alicyclic amines) is 1. The number of rotatable bonds is 2. The molecule has 1 fully saturated rings. The molecule has 5 heteroatoms. The molecule has 1 aromatic rings. The molecule has 0 radical (unpaired) electrons. The van der Waals surface area contributed by atoms with Gasteiger partial charge in [-0.15, -0.1) is 0 Å². The van der Waals surface area contributed by atoms with E-state index in [9.17, 15) is 14.7 Å². The van der Waals surface area contributed by atoms with Gasteiger partial charge >= 0.3 is 5.97 Å². The van der Waals surface area contributed by atoms with Crippen LogP contribution in [0.3, 0.4) is 0 Å². The van der Waals surface area contributed by atoms with E-state index in [1.807, 2.05) is 0 Å². The summed E-state index contributed by atoms with van der Waals surface area (Å²) in [5.41, 5.74) is -0.628. The highest BCUT2D eigenvalue weighted by molar-refractivity contribution is 5.96. The zero-order valence-electron chi connectivity index (χ0n) is 9.06. The summed E-state index contributed by atoms with van der Waals surface area (Å²) in [5.74, 6) is -1.18. The fourth-order valence-electron chi connectivity index (χ4n) is 2.12. The van der Waals surface area contributed by atoms with E-state index in [1.165, 1.54) is 4.90 Å². The van der Waals surface area contributed by atoms with Crippen LogP contribution < -0.4 is 0 Å². The van der Waals surface area contributed by atoms with Crippen molar-refractivity contribution in [3.63, 3.8) is 0 Å². The van der Waals surface area contributed by atoms with Crippen molar-refractivity contribution in [3.8, 4) is 0 Å². The minimum Gasteiger partial charge on any atom is -0.480 e. The van der Waals surface area contributed by atoms with Gasteiger partial charge in [0.2, 0.25) is 0 Å². The Morgan fingerprint density at radius 2 is 2.31 bits per heavy atom. The van der Waals surface area contributed by atoms with E-state index in [1.54, 1.807) is 25.3 Å². The van der Waals surface area contributed by atoms with Crippen LogP contribution in [0.1, 0.15) is 30.3 Å². The average molecular weight is 222 g/mol. The lowest BCUT2D eigenvalue weighted by atomic mass is 9.99. The van der Waals surface area contributed by atoms with Crippen molar-refractivity contribution in [2.24, 2.45) is 0 Å². The molecule has 86 valence electrons. The van der Waals surface area contributed by atoms with Crippen molar-refractivity contribution in [2.45, 2.75) is 25.3 Å². The number of carbonyl (C=O) groups is 2. The lowest BCUT2D eigenvalue weighted by molar-refractivity contribution is -0.147. The van der Waals surface area contributed by atoms with Crippen LogP contribution in [-0.4, -0.2) is 39.0 Å². The van der Waals surface area contributed by atoms with Crippen LogP contribution >= 0.6 is 0 Å². The Hall–Kier alpha value is -1.78. The van der Waals surface area contributed by atoms with Crippen LogP contribution in [0.5, 0.6) is 0 Å². The van der Waals surface area contributed by atoms with Gasteiger partial charge in [0, 0.05) is 12.7 Å². The Kier molecular flexibility index (Phi) is 2.46. The number of nitrogens with zero attached hydrogens (tertiary/aromatic N) is 1. The van der Waals surface area contributed by atoms with Gasteiger partial charge < -0.3 is 15.0 Å². The van der Waals surface area contributed by atoms with E-state index in [0.29, 0.717) is 18.7 Å². The second kappa shape index (κ2) is 3.66. The first-order valence-electron chi connectivity index (χ1n) is 5.24. The van der Waals surface area contributed by atoms with E-state index in [4.69, 9.17) is 0 Å². The molecule has 1 saturated heterocycles. The molecule has 0 saturated carbocycles. The third-order valence-electron chi connectivity index (χ3n) is 3.18. The highest BCUT2D eigenvalue weighted by Gasteiger charge is 2.46. The summed E-state index contributed by atoms with van der Waals surface area (Å²) in [7, 11) is 0. The quantitative estimate of drug-likeness (QED) is 0.786. The largest absolute Gasteiger partial charge is 0.480 e. The van der Waals surface area contributed by atoms with Crippen LogP contribution in [0.2, 0.25) is 0 Å². The summed E-state index contributed by atoms with van der Waals surface area (Å²) in [6.07, 6.45) is 2.89. The van der Waals surface area contributed by atoms with E-state index in [0.717, 1.165) is 6.42 Å². The number of hydrogen-bond acceptors (Lipinski definition) is 2. The van der Waals surface area contributed by atoms with Crippen molar-refractivity contribution in [1.29, 1.82) is 0 Å². The van der Waals surface area contributed by atoms with Gasteiger partial charge in [-0.3, -0.25) is 4.79 Å². The fourth-order valence-corrected chi connectivity index (χ4v) is 2.12. The van der Waals surface area contributed by atoms with Gasteiger partial charge in [-0.2, -0.15) is 0 Å². The summed E-state index contributed by atoms with van der Waals surface area (Å²) in [4.78, 5) is 27.5. The number of hydrogen-bond donors (Lipinski definition) is 2. The number of nitrogens with one attached hydrogen (secondary N) is 1. The monoisotopic (exact) mass is 222 g/mol. The molecular formula is C11H14N2O3. The zero-order valence-corrected chi connectivity index (χ0v) is 9.06. The molecule has 16 heavy (non-hydrogen) atoms. The Bertz CT molecular complexity index is 413. The zero-order chi connectivity index (χ0) is 11.8. The molecule has 1 amide bonds. The molecule has 2 rings (SSSR count). The van der Waals surface area contributed by atoms with E-state index < -0.39 is 11.5 Å². The van der Waals surface area contributed by atoms with Gasteiger partial charge in [0.05, 0.1) is 0 Å². The first-order chi connectivity index (χ1) is 7.55. The van der Waals surface area contributed by atoms with Crippen LogP contribution in [0, 0.1) is 0 Å². The van der Waals surface area contributed by atoms with Crippen LogP contribution in [-0.2, 0) is 4.79 Å². The molecule has 5 nitrogen and oxygen atoms in total. The molecule has 0 aliphatic carbocycles. The molecule has 0 aromatic carbocycles. The average Bonchev–Trinajstić information content (AvgIpc) is 2.85. The summed E-state index contributed by atoms with van der Waals surface area (Å²) in [6, 6.07) is 3.38. The first-order valence-corrected chi connectivity index (χ1v) is 5.24. The number of aromatic amines is 1. The molecule has 2 N–H and O–H groups in total.